The maximum atomic E-state index is 11.6. The molecule has 4 heteroatoms. The fourth-order valence-electron chi connectivity index (χ4n) is 1.17. The van der Waals surface area contributed by atoms with Crippen LogP contribution in [0.2, 0.25) is 0 Å². The van der Waals surface area contributed by atoms with E-state index in [1.807, 2.05) is 20.8 Å². The summed E-state index contributed by atoms with van der Waals surface area (Å²) in [6, 6.07) is 0. The van der Waals surface area contributed by atoms with Crippen LogP contribution in [-0.4, -0.2) is 12.6 Å². The number of nitrogens with two attached hydrogens (primary N) is 1. The Balaban J connectivity index is 2.89. The molecule has 0 aliphatic carbocycles. The van der Waals surface area contributed by atoms with Crippen LogP contribution in [0.3, 0.4) is 0 Å². The van der Waals surface area contributed by atoms with Gasteiger partial charge in [-0.15, -0.1) is 11.3 Å². The lowest BCUT2D eigenvalue weighted by Crippen LogP contribution is -2.08. The molecule has 0 aliphatic rings. The summed E-state index contributed by atoms with van der Waals surface area (Å²) in [5.41, 5.74) is 7.21. The monoisotopic (exact) mass is 213 g/mol. The first-order valence-electron chi connectivity index (χ1n) is 4.60. The van der Waals surface area contributed by atoms with Crippen LogP contribution >= 0.6 is 11.3 Å². The van der Waals surface area contributed by atoms with E-state index in [-0.39, 0.29) is 5.97 Å². The Kier molecular flexibility index (Phi) is 3.52. The van der Waals surface area contributed by atoms with Crippen LogP contribution in [0.15, 0.2) is 0 Å². The van der Waals surface area contributed by atoms with Crippen molar-refractivity contribution in [2.24, 2.45) is 0 Å². The SMILES string of the molecule is CCCOC(=O)c1c(N)sc(C)c1C. The van der Waals surface area contributed by atoms with E-state index in [0.29, 0.717) is 17.2 Å². The zero-order valence-corrected chi connectivity index (χ0v) is 9.53. The van der Waals surface area contributed by atoms with Gasteiger partial charge in [0.15, 0.2) is 0 Å². The zero-order chi connectivity index (χ0) is 10.7. The Bertz CT molecular complexity index is 344. The van der Waals surface area contributed by atoms with Crippen LogP contribution < -0.4 is 5.73 Å². The second-order valence-corrected chi connectivity index (χ2v) is 4.41. The summed E-state index contributed by atoms with van der Waals surface area (Å²) in [5, 5.41) is 0.557. The van der Waals surface area contributed by atoms with Crippen molar-refractivity contribution >= 4 is 22.3 Å². The lowest BCUT2D eigenvalue weighted by molar-refractivity contribution is 0.0506. The minimum absolute atomic E-state index is 0.300. The van der Waals surface area contributed by atoms with Gasteiger partial charge >= 0.3 is 5.97 Å². The van der Waals surface area contributed by atoms with Crippen molar-refractivity contribution in [3.8, 4) is 0 Å². The molecule has 0 atom stereocenters. The topological polar surface area (TPSA) is 52.3 Å². The zero-order valence-electron chi connectivity index (χ0n) is 8.72. The molecule has 0 saturated heterocycles. The Labute approximate surface area is 87.9 Å². The number of ether oxygens (including phenoxy) is 1. The molecule has 0 fully saturated rings. The van der Waals surface area contributed by atoms with Gasteiger partial charge in [-0.2, -0.15) is 0 Å². The van der Waals surface area contributed by atoms with Gasteiger partial charge in [-0.05, 0) is 25.8 Å². The molecule has 0 unspecified atom stereocenters. The molecule has 1 heterocycles. The van der Waals surface area contributed by atoms with Crippen LogP contribution in [0.1, 0.15) is 34.1 Å². The molecule has 0 amide bonds. The van der Waals surface area contributed by atoms with Gasteiger partial charge < -0.3 is 10.5 Å². The van der Waals surface area contributed by atoms with Crippen LogP contribution in [0.5, 0.6) is 0 Å². The first-order chi connectivity index (χ1) is 6.57. The molecule has 0 aromatic carbocycles. The summed E-state index contributed by atoms with van der Waals surface area (Å²) in [7, 11) is 0. The summed E-state index contributed by atoms with van der Waals surface area (Å²) >= 11 is 1.43. The molecular formula is C10H15NO2S. The number of anilines is 1. The number of hydrogen-bond acceptors (Lipinski definition) is 4. The Hall–Kier alpha value is -1.03. The van der Waals surface area contributed by atoms with Crippen molar-refractivity contribution in [3.63, 3.8) is 0 Å². The van der Waals surface area contributed by atoms with Crippen molar-refractivity contribution in [2.45, 2.75) is 27.2 Å². The molecule has 1 rings (SSSR count). The first kappa shape index (κ1) is 11.0. The van der Waals surface area contributed by atoms with Crippen LogP contribution in [-0.2, 0) is 4.74 Å². The summed E-state index contributed by atoms with van der Waals surface area (Å²) in [5.74, 6) is -0.300. The minimum Gasteiger partial charge on any atom is -0.462 e. The third-order valence-electron chi connectivity index (χ3n) is 2.05. The second-order valence-electron chi connectivity index (χ2n) is 3.16. The van der Waals surface area contributed by atoms with Crippen LogP contribution in [0, 0.1) is 13.8 Å². The van der Waals surface area contributed by atoms with Gasteiger partial charge in [0.25, 0.3) is 0 Å². The molecule has 2 N–H and O–H groups in total. The molecule has 0 bridgehead atoms. The van der Waals surface area contributed by atoms with Crippen molar-refractivity contribution in [1.82, 2.24) is 0 Å². The Morgan fingerprint density at radius 2 is 2.14 bits per heavy atom. The van der Waals surface area contributed by atoms with Gasteiger partial charge in [0.05, 0.1) is 12.2 Å². The first-order valence-corrected chi connectivity index (χ1v) is 5.42. The predicted molar refractivity (Wildman–Crippen MR) is 58.8 cm³/mol. The fourth-order valence-corrected chi connectivity index (χ4v) is 2.10. The number of hydrogen-bond donors (Lipinski definition) is 1. The number of aryl methyl sites for hydroxylation is 1. The van der Waals surface area contributed by atoms with Gasteiger partial charge in [-0.25, -0.2) is 4.79 Å². The van der Waals surface area contributed by atoms with Gasteiger partial charge in [-0.3, -0.25) is 0 Å². The lowest BCUT2D eigenvalue weighted by Gasteiger charge is -2.03. The highest BCUT2D eigenvalue weighted by atomic mass is 32.1. The average molecular weight is 213 g/mol. The smallest absolute Gasteiger partial charge is 0.341 e. The highest BCUT2D eigenvalue weighted by Crippen LogP contribution is 2.30. The maximum absolute atomic E-state index is 11.6. The van der Waals surface area contributed by atoms with E-state index in [1.165, 1.54) is 11.3 Å². The normalized spacial score (nSPS) is 10.2. The molecule has 78 valence electrons. The van der Waals surface area contributed by atoms with Gasteiger partial charge in [0.2, 0.25) is 0 Å². The van der Waals surface area contributed by atoms with E-state index in [9.17, 15) is 4.79 Å². The molecule has 0 saturated carbocycles. The molecule has 0 aliphatic heterocycles. The molecule has 1 aromatic rings. The number of esters is 1. The maximum Gasteiger partial charge on any atom is 0.341 e. The molecular weight excluding hydrogens is 198 g/mol. The number of rotatable bonds is 3. The average Bonchev–Trinajstić information content (AvgIpc) is 2.38. The van der Waals surface area contributed by atoms with Gasteiger partial charge in [-0.1, -0.05) is 6.92 Å². The lowest BCUT2D eigenvalue weighted by atomic mass is 10.1. The summed E-state index contributed by atoms with van der Waals surface area (Å²) in [6.45, 7) is 6.26. The third-order valence-corrected chi connectivity index (χ3v) is 3.09. The number of thiophene rings is 1. The molecule has 0 spiro atoms. The number of carbonyl (C=O) groups is 1. The van der Waals surface area contributed by atoms with Gasteiger partial charge in [0.1, 0.15) is 5.00 Å². The standard InChI is InChI=1S/C10H15NO2S/c1-4-5-13-10(12)8-6(2)7(3)14-9(8)11/h4-5,11H2,1-3H3. The molecule has 14 heavy (non-hydrogen) atoms. The largest absolute Gasteiger partial charge is 0.462 e. The second kappa shape index (κ2) is 4.46. The van der Waals surface area contributed by atoms with Crippen molar-refractivity contribution in [1.29, 1.82) is 0 Å². The molecule has 0 radical (unpaired) electrons. The summed E-state index contributed by atoms with van der Waals surface area (Å²) < 4.78 is 5.04. The number of carbonyl (C=O) groups excluding carboxylic acids is 1. The third kappa shape index (κ3) is 2.07. The highest BCUT2D eigenvalue weighted by molar-refractivity contribution is 7.16. The molecule has 3 nitrogen and oxygen atoms in total. The van der Waals surface area contributed by atoms with Crippen molar-refractivity contribution < 1.29 is 9.53 Å². The van der Waals surface area contributed by atoms with E-state index < -0.39 is 0 Å². The van der Waals surface area contributed by atoms with Crippen LogP contribution in [0.4, 0.5) is 5.00 Å². The van der Waals surface area contributed by atoms with E-state index in [2.05, 4.69) is 0 Å². The molecule has 1 aromatic heterocycles. The summed E-state index contributed by atoms with van der Waals surface area (Å²) in [6.07, 6.45) is 0.827. The summed E-state index contributed by atoms with van der Waals surface area (Å²) in [4.78, 5) is 12.6. The quantitative estimate of drug-likeness (QED) is 0.785. The van der Waals surface area contributed by atoms with Crippen LogP contribution in [0.25, 0.3) is 0 Å². The van der Waals surface area contributed by atoms with E-state index in [4.69, 9.17) is 10.5 Å². The fraction of sp³-hybridized carbons (Fsp3) is 0.500. The Morgan fingerprint density at radius 3 is 2.57 bits per heavy atom. The highest BCUT2D eigenvalue weighted by Gasteiger charge is 2.18. The van der Waals surface area contributed by atoms with E-state index in [0.717, 1.165) is 16.9 Å². The van der Waals surface area contributed by atoms with Crippen molar-refractivity contribution in [3.05, 3.63) is 16.0 Å². The predicted octanol–water partition coefficient (Wildman–Crippen LogP) is 2.51. The van der Waals surface area contributed by atoms with Gasteiger partial charge in [0, 0.05) is 4.88 Å². The number of nitrogen functional groups attached to an aromatic ring is 1. The minimum atomic E-state index is -0.300. The van der Waals surface area contributed by atoms with Crippen molar-refractivity contribution in [2.75, 3.05) is 12.3 Å². The van der Waals surface area contributed by atoms with E-state index in [1.54, 1.807) is 0 Å². The van der Waals surface area contributed by atoms with E-state index >= 15 is 0 Å². The Morgan fingerprint density at radius 1 is 1.50 bits per heavy atom.